The summed E-state index contributed by atoms with van der Waals surface area (Å²) in [5, 5.41) is 0. The highest BCUT2D eigenvalue weighted by molar-refractivity contribution is 9.10. The molecular weight excluding hydrogens is 290 g/mol. The van der Waals surface area contributed by atoms with E-state index in [4.69, 9.17) is 0 Å². The van der Waals surface area contributed by atoms with Crippen molar-refractivity contribution in [2.24, 2.45) is 0 Å². The zero-order valence-corrected chi connectivity index (χ0v) is 11.1. The summed E-state index contributed by atoms with van der Waals surface area (Å²) >= 11 is 3.34. The minimum atomic E-state index is -0.687. The molecule has 0 aromatic heterocycles. The lowest BCUT2D eigenvalue weighted by Gasteiger charge is -2.29. The molecule has 1 aromatic carbocycles. The molecular formula is C11H12BrNO2S. The van der Waals surface area contributed by atoms with Crippen molar-refractivity contribution in [1.29, 1.82) is 0 Å². The topological polar surface area (TPSA) is 37.4 Å². The zero-order chi connectivity index (χ0) is 11.5. The van der Waals surface area contributed by atoms with Gasteiger partial charge in [-0.3, -0.25) is 9.00 Å². The van der Waals surface area contributed by atoms with Crippen LogP contribution in [-0.4, -0.2) is 35.1 Å². The predicted octanol–water partition coefficient (Wildman–Crippen LogP) is 1.83. The maximum atomic E-state index is 11.3. The first-order chi connectivity index (χ1) is 7.70. The van der Waals surface area contributed by atoms with Gasteiger partial charge in [0.05, 0.1) is 0 Å². The highest BCUT2D eigenvalue weighted by atomic mass is 79.9. The Kier molecular flexibility index (Phi) is 3.76. The molecule has 2 rings (SSSR count). The molecule has 1 aromatic rings. The van der Waals surface area contributed by atoms with E-state index in [0.29, 0.717) is 17.1 Å². The fourth-order valence-electron chi connectivity index (χ4n) is 1.79. The van der Waals surface area contributed by atoms with Crippen molar-refractivity contribution in [3.8, 4) is 0 Å². The second kappa shape index (κ2) is 5.10. The summed E-state index contributed by atoms with van der Waals surface area (Å²) in [6, 6.07) is 5.67. The minimum absolute atomic E-state index is 0.682. The van der Waals surface area contributed by atoms with Gasteiger partial charge < -0.3 is 4.90 Å². The molecule has 1 aliphatic heterocycles. The fourth-order valence-corrected chi connectivity index (χ4v) is 3.22. The molecule has 1 aliphatic rings. The van der Waals surface area contributed by atoms with Gasteiger partial charge in [0.1, 0.15) is 0 Å². The molecule has 1 saturated heterocycles. The Bertz CT molecular complexity index is 426. The summed E-state index contributed by atoms with van der Waals surface area (Å²) in [4.78, 5) is 13.1. The molecule has 16 heavy (non-hydrogen) atoms. The molecule has 0 bridgehead atoms. The first-order valence-electron chi connectivity index (χ1n) is 5.05. The van der Waals surface area contributed by atoms with Crippen LogP contribution in [0, 0.1) is 0 Å². The van der Waals surface area contributed by atoms with Crippen LogP contribution >= 0.6 is 15.9 Å². The average molecular weight is 302 g/mol. The van der Waals surface area contributed by atoms with E-state index in [1.807, 2.05) is 18.2 Å². The van der Waals surface area contributed by atoms with Crippen LogP contribution in [0.15, 0.2) is 22.7 Å². The van der Waals surface area contributed by atoms with Gasteiger partial charge in [0.25, 0.3) is 0 Å². The molecule has 0 unspecified atom stereocenters. The fraction of sp³-hybridized carbons (Fsp3) is 0.364. The monoisotopic (exact) mass is 301 g/mol. The third kappa shape index (κ3) is 2.52. The summed E-state index contributed by atoms with van der Waals surface area (Å²) in [6.07, 6.45) is 0.867. The van der Waals surface area contributed by atoms with E-state index in [1.165, 1.54) is 0 Å². The number of rotatable bonds is 2. The Balaban J connectivity index is 2.26. The molecule has 0 N–H and O–H groups in total. The van der Waals surface area contributed by atoms with E-state index in [1.54, 1.807) is 0 Å². The molecule has 1 heterocycles. The lowest BCUT2D eigenvalue weighted by molar-refractivity contribution is 0.112. The van der Waals surface area contributed by atoms with Gasteiger partial charge in [-0.25, -0.2) is 0 Å². The van der Waals surface area contributed by atoms with Crippen LogP contribution in [-0.2, 0) is 10.8 Å². The molecule has 0 spiro atoms. The van der Waals surface area contributed by atoms with Crippen molar-refractivity contribution in [1.82, 2.24) is 0 Å². The molecule has 5 heteroatoms. The van der Waals surface area contributed by atoms with E-state index in [-0.39, 0.29) is 0 Å². The van der Waals surface area contributed by atoms with E-state index in [9.17, 15) is 9.00 Å². The number of halogens is 1. The highest BCUT2D eigenvalue weighted by Gasteiger charge is 2.17. The van der Waals surface area contributed by atoms with Crippen molar-refractivity contribution in [2.75, 3.05) is 29.5 Å². The van der Waals surface area contributed by atoms with Crippen molar-refractivity contribution < 1.29 is 9.00 Å². The Hall–Kier alpha value is -0.680. The molecule has 0 aliphatic carbocycles. The summed E-state index contributed by atoms with van der Waals surface area (Å²) in [6.45, 7) is 1.52. The summed E-state index contributed by atoms with van der Waals surface area (Å²) in [5.74, 6) is 1.38. The number of nitrogens with zero attached hydrogens (tertiary/aromatic N) is 1. The van der Waals surface area contributed by atoms with E-state index < -0.39 is 10.8 Å². The predicted molar refractivity (Wildman–Crippen MR) is 69.6 cm³/mol. The third-order valence-corrected chi connectivity index (χ3v) is 4.40. The third-order valence-electron chi connectivity index (χ3n) is 2.63. The Labute approximate surface area is 105 Å². The number of carbonyl (C=O) groups excluding carboxylic acids is 1. The molecule has 0 saturated carbocycles. The van der Waals surface area contributed by atoms with Gasteiger partial charge in [-0.15, -0.1) is 0 Å². The second-order valence-electron chi connectivity index (χ2n) is 3.66. The van der Waals surface area contributed by atoms with E-state index >= 15 is 0 Å². The number of aldehydes is 1. The average Bonchev–Trinajstić information content (AvgIpc) is 2.30. The van der Waals surface area contributed by atoms with Gasteiger partial charge in [-0.2, -0.15) is 0 Å². The van der Waals surface area contributed by atoms with Crippen molar-refractivity contribution in [3.63, 3.8) is 0 Å². The van der Waals surface area contributed by atoms with Gasteiger partial charge in [0, 0.05) is 51.1 Å². The van der Waals surface area contributed by atoms with Crippen molar-refractivity contribution in [2.45, 2.75) is 0 Å². The van der Waals surface area contributed by atoms with E-state index in [0.717, 1.165) is 29.5 Å². The van der Waals surface area contributed by atoms with Gasteiger partial charge >= 0.3 is 0 Å². The number of hydrogen-bond donors (Lipinski definition) is 0. The Morgan fingerprint density at radius 2 is 2.00 bits per heavy atom. The standard InChI is InChI=1S/C11H12BrNO2S/c12-10-1-2-11(9(7-10)8-14)13-3-5-16(15)6-4-13/h1-2,7-8H,3-6H2. The van der Waals surface area contributed by atoms with Crippen molar-refractivity contribution in [3.05, 3.63) is 28.2 Å². The number of hydrogen-bond acceptors (Lipinski definition) is 3. The van der Waals surface area contributed by atoms with Crippen LogP contribution in [0.5, 0.6) is 0 Å². The largest absolute Gasteiger partial charge is 0.369 e. The Morgan fingerprint density at radius 1 is 1.31 bits per heavy atom. The van der Waals surface area contributed by atoms with Crippen LogP contribution in [0.3, 0.4) is 0 Å². The molecule has 3 nitrogen and oxygen atoms in total. The summed E-state index contributed by atoms with van der Waals surface area (Å²) in [7, 11) is -0.687. The van der Waals surface area contributed by atoms with Gasteiger partial charge in [-0.1, -0.05) is 15.9 Å². The molecule has 1 fully saturated rings. The zero-order valence-electron chi connectivity index (χ0n) is 8.69. The number of benzene rings is 1. The first-order valence-corrected chi connectivity index (χ1v) is 7.33. The second-order valence-corrected chi connectivity index (χ2v) is 6.27. The van der Waals surface area contributed by atoms with Crippen LogP contribution in [0.2, 0.25) is 0 Å². The maximum Gasteiger partial charge on any atom is 0.152 e. The molecule has 0 amide bonds. The van der Waals surface area contributed by atoms with Gasteiger partial charge in [-0.05, 0) is 18.2 Å². The van der Waals surface area contributed by atoms with E-state index in [2.05, 4.69) is 20.8 Å². The summed E-state index contributed by atoms with van der Waals surface area (Å²) in [5.41, 5.74) is 1.62. The number of carbonyl (C=O) groups is 1. The quantitative estimate of drug-likeness (QED) is 0.782. The molecule has 0 atom stereocenters. The number of anilines is 1. The van der Waals surface area contributed by atoms with Crippen LogP contribution in [0.1, 0.15) is 10.4 Å². The first kappa shape index (κ1) is 11.8. The van der Waals surface area contributed by atoms with Gasteiger partial charge in [0.2, 0.25) is 0 Å². The minimum Gasteiger partial charge on any atom is -0.369 e. The Morgan fingerprint density at radius 3 is 2.62 bits per heavy atom. The lowest BCUT2D eigenvalue weighted by Crippen LogP contribution is -2.38. The normalized spacial score (nSPS) is 17.4. The van der Waals surface area contributed by atoms with Crippen molar-refractivity contribution >= 4 is 38.7 Å². The van der Waals surface area contributed by atoms with Crippen LogP contribution < -0.4 is 4.90 Å². The lowest BCUT2D eigenvalue weighted by atomic mass is 10.1. The smallest absolute Gasteiger partial charge is 0.152 e. The summed E-state index contributed by atoms with van der Waals surface area (Å²) < 4.78 is 12.2. The highest BCUT2D eigenvalue weighted by Crippen LogP contribution is 2.24. The molecule has 0 radical (unpaired) electrons. The molecule has 86 valence electrons. The maximum absolute atomic E-state index is 11.3. The van der Waals surface area contributed by atoms with Gasteiger partial charge in [0.15, 0.2) is 6.29 Å². The van der Waals surface area contributed by atoms with Crippen LogP contribution in [0.25, 0.3) is 0 Å². The van der Waals surface area contributed by atoms with Crippen LogP contribution in [0.4, 0.5) is 5.69 Å². The SMILES string of the molecule is O=Cc1cc(Br)ccc1N1CCS(=O)CC1.